The summed E-state index contributed by atoms with van der Waals surface area (Å²) >= 11 is 0. The Hall–Kier alpha value is -1.50. The van der Waals surface area contributed by atoms with E-state index in [1.165, 1.54) is 6.20 Å². The van der Waals surface area contributed by atoms with E-state index >= 15 is 0 Å². The number of amides is 1. The number of aliphatic hydroxyl groups is 1. The van der Waals surface area contributed by atoms with Crippen molar-refractivity contribution in [2.24, 2.45) is 5.73 Å². The van der Waals surface area contributed by atoms with Gasteiger partial charge in [-0.1, -0.05) is 18.0 Å². The van der Waals surface area contributed by atoms with Gasteiger partial charge < -0.3 is 21.5 Å². The SMILES string of the molecule is BC1C(B)(C)C(O)C(B)C(B)(Nc2nc(NC(C)(C)C)ncc2C(N)=O)C1(B)B. The molecule has 1 aliphatic carbocycles. The average Bonchev–Trinajstić information content (AvgIpc) is 2.56. The average molecular weight is 392 g/mol. The maximum atomic E-state index is 12.1. The summed E-state index contributed by atoms with van der Waals surface area (Å²) in [6, 6.07) is 0. The molecular weight excluding hydrogens is 359 g/mol. The van der Waals surface area contributed by atoms with Crippen LogP contribution < -0.4 is 16.4 Å². The lowest BCUT2D eigenvalue weighted by Crippen LogP contribution is -2.65. The zero-order valence-corrected chi connectivity index (χ0v) is 19.6. The van der Waals surface area contributed by atoms with Crippen LogP contribution in [0.5, 0.6) is 0 Å². The van der Waals surface area contributed by atoms with Crippen LogP contribution >= 0.6 is 0 Å². The molecule has 1 heterocycles. The molecule has 13 heteroatoms. The van der Waals surface area contributed by atoms with Gasteiger partial charge in [0.15, 0.2) is 0 Å². The van der Waals surface area contributed by atoms with Crippen molar-refractivity contribution in [3.8, 4) is 0 Å². The lowest BCUT2D eigenvalue weighted by molar-refractivity contribution is 0.0724. The van der Waals surface area contributed by atoms with E-state index in [1.54, 1.807) is 0 Å². The van der Waals surface area contributed by atoms with E-state index < -0.39 is 17.4 Å². The molecular formula is C16H33B6N5O2. The molecule has 152 valence electrons. The number of hydrogen-bond donors (Lipinski definition) is 4. The summed E-state index contributed by atoms with van der Waals surface area (Å²) in [6.45, 7) is 8.16. The van der Waals surface area contributed by atoms with Gasteiger partial charge in [0.05, 0.1) is 5.56 Å². The van der Waals surface area contributed by atoms with E-state index in [9.17, 15) is 9.90 Å². The van der Waals surface area contributed by atoms with Crippen LogP contribution in [0, 0.1) is 0 Å². The first-order valence-electron chi connectivity index (χ1n) is 10.4. The lowest BCUT2D eigenvalue weighted by atomic mass is 9.20. The summed E-state index contributed by atoms with van der Waals surface area (Å²) in [5.74, 6) is 0.321. The van der Waals surface area contributed by atoms with Gasteiger partial charge in [-0.3, -0.25) is 4.79 Å². The lowest BCUT2D eigenvalue weighted by Gasteiger charge is -2.65. The molecule has 2 rings (SSSR count). The summed E-state index contributed by atoms with van der Waals surface area (Å²) in [5.41, 5.74) is 5.07. The molecule has 1 amide bonds. The van der Waals surface area contributed by atoms with Crippen molar-refractivity contribution in [3.63, 3.8) is 0 Å². The van der Waals surface area contributed by atoms with Gasteiger partial charge in [0.25, 0.3) is 5.91 Å². The Morgan fingerprint density at radius 2 is 1.79 bits per heavy atom. The number of carbonyl (C=O) groups is 1. The number of anilines is 2. The van der Waals surface area contributed by atoms with E-state index in [-0.39, 0.29) is 33.3 Å². The van der Waals surface area contributed by atoms with Gasteiger partial charge in [0, 0.05) is 17.8 Å². The van der Waals surface area contributed by atoms with E-state index in [0.717, 1.165) is 0 Å². The zero-order valence-electron chi connectivity index (χ0n) is 19.6. The molecule has 1 saturated carbocycles. The molecule has 0 spiro atoms. The third-order valence-corrected chi connectivity index (χ3v) is 7.60. The summed E-state index contributed by atoms with van der Waals surface area (Å²) in [5, 5.41) is 17.4. The fourth-order valence-electron chi connectivity index (χ4n) is 4.76. The maximum absolute atomic E-state index is 12.1. The minimum absolute atomic E-state index is 0.0987. The number of aliphatic hydroxyl groups excluding tert-OH is 1. The van der Waals surface area contributed by atoms with Crippen LogP contribution in [-0.2, 0) is 0 Å². The van der Waals surface area contributed by atoms with Crippen molar-refractivity contribution in [1.29, 1.82) is 0 Å². The van der Waals surface area contributed by atoms with Crippen LogP contribution in [0.1, 0.15) is 38.1 Å². The summed E-state index contributed by atoms with van der Waals surface area (Å²) in [6.07, 6.45) is 0.938. The van der Waals surface area contributed by atoms with Gasteiger partial charge in [-0.15, -0.1) is 0 Å². The van der Waals surface area contributed by atoms with Crippen molar-refractivity contribution in [2.75, 3.05) is 10.6 Å². The highest BCUT2D eigenvalue weighted by molar-refractivity contribution is 6.51. The minimum Gasteiger partial charge on any atom is -0.394 e. The van der Waals surface area contributed by atoms with Gasteiger partial charge in [-0.05, 0) is 37.3 Å². The molecule has 29 heavy (non-hydrogen) atoms. The number of aromatic nitrogens is 2. The number of primary amides is 1. The van der Waals surface area contributed by atoms with E-state index in [2.05, 4.69) is 66.8 Å². The molecule has 0 bridgehead atoms. The predicted molar refractivity (Wildman–Crippen MR) is 136 cm³/mol. The molecule has 0 radical (unpaired) electrons. The third-order valence-electron chi connectivity index (χ3n) is 7.60. The minimum atomic E-state index is -0.589. The van der Waals surface area contributed by atoms with Crippen LogP contribution in [0.4, 0.5) is 11.8 Å². The summed E-state index contributed by atoms with van der Waals surface area (Å²) in [7, 11) is 12.8. The van der Waals surface area contributed by atoms with Crippen LogP contribution in [0.3, 0.4) is 0 Å². The van der Waals surface area contributed by atoms with E-state index in [1.807, 2.05) is 28.6 Å². The molecule has 5 atom stereocenters. The molecule has 1 fully saturated rings. The molecule has 0 saturated heterocycles. The van der Waals surface area contributed by atoms with E-state index in [0.29, 0.717) is 11.8 Å². The molecule has 7 nitrogen and oxygen atoms in total. The highest BCUT2D eigenvalue weighted by atomic mass is 16.3. The molecule has 1 aromatic rings. The van der Waals surface area contributed by atoms with Gasteiger partial charge in [-0.2, -0.15) is 4.98 Å². The summed E-state index contributed by atoms with van der Waals surface area (Å²) in [4.78, 5) is 20.9. The highest BCUT2D eigenvalue weighted by Crippen LogP contribution is 2.64. The molecule has 1 aromatic heterocycles. The molecule has 5 unspecified atom stereocenters. The molecule has 0 aliphatic heterocycles. The standard InChI is InChI=1S/C16H33B6N5O2/c1-13(2,3)27-12-24-5-6(9(23)29)10(25-12)26-16(22)7(17)8(28)14(4,19)11(18)15(16,20)21/h5,7-8,11,28H,17-22H2,1-4H3,(H2,23,29)(H2,24,25,26,27). The largest absolute Gasteiger partial charge is 0.394 e. The topological polar surface area (TPSA) is 113 Å². The molecule has 0 aromatic carbocycles. The second kappa shape index (κ2) is 7.33. The number of nitrogens with one attached hydrogen (secondary N) is 2. The fraction of sp³-hybridized carbons (Fsp3) is 0.688. The number of rotatable bonds is 4. The second-order valence-corrected chi connectivity index (χ2v) is 11.0. The Kier molecular flexibility index (Phi) is 6.01. The van der Waals surface area contributed by atoms with Gasteiger partial charge >= 0.3 is 0 Å². The first-order valence-corrected chi connectivity index (χ1v) is 10.4. The van der Waals surface area contributed by atoms with Gasteiger partial charge in [-0.25, -0.2) is 4.98 Å². The van der Waals surface area contributed by atoms with Crippen molar-refractivity contribution < 1.29 is 9.90 Å². The Bertz CT molecular complexity index is 802. The Balaban J connectivity index is 2.57. The molecule has 5 N–H and O–H groups in total. The monoisotopic (exact) mass is 393 g/mol. The normalized spacial score (nSPS) is 34.3. The first kappa shape index (κ1) is 23.8. The number of hydrogen-bond acceptors (Lipinski definition) is 6. The predicted octanol–water partition coefficient (Wildman–Crippen LogP) is -4.06. The Morgan fingerprint density at radius 3 is 2.28 bits per heavy atom. The van der Waals surface area contributed by atoms with Crippen LogP contribution in [0.2, 0.25) is 22.2 Å². The number of nitrogens with zero attached hydrogens (tertiary/aromatic N) is 2. The van der Waals surface area contributed by atoms with Crippen LogP contribution in [-0.4, -0.2) is 85.1 Å². The fourth-order valence-corrected chi connectivity index (χ4v) is 4.76. The van der Waals surface area contributed by atoms with Gasteiger partial charge in [0.1, 0.15) is 52.9 Å². The van der Waals surface area contributed by atoms with Crippen LogP contribution in [0.15, 0.2) is 6.20 Å². The number of nitrogens with two attached hydrogens (primary N) is 1. The number of carbonyl (C=O) groups excluding carboxylic acids is 1. The Morgan fingerprint density at radius 1 is 1.24 bits per heavy atom. The van der Waals surface area contributed by atoms with E-state index in [4.69, 9.17) is 5.73 Å². The zero-order chi connectivity index (χ0) is 22.6. The Labute approximate surface area is 180 Å². The third kappa shape index (κ3) is 4.07. The van der Waals surface area contributed by atoms with Crippen molar-refractivity contribution in [2.45, 2.75) is 66.9 Å². The highest BCUT2D eigenvalue weighted by Gasteiger charge is 2.59. The maximum Gasteiger partial charge on any atom is 0.254 e. The van der Waals surface area contributed by atoms with Crippen molar-refractivity contribution in [3.05, 3.63) is 11.8 Å². The quantitative estimate of drug-likeness (QED) is 0.388. The van der Waals surface area contributed by atoms with Crippen LogP contribution in [0.25, 0.3) is 0 Å². The van der Waals surface area contributed by atoms with Gasteiger partial charge in [0.2, 0.25) is 5.95 Å². The van der Waals surface area contributed by atoms with Crippen molar-refractivity contribution >= 4 is 64.8 Å². The second-order valence-electron chi connectivity index (χ2n) is 11.0. The molecule has 1 aliphatic rings. The first-order chi connectivity index (χ1) is 12.9. The smallest absolute Gasteiger partial charge is 0.254 e. The summed E-state index contributed by atoms with van der Waals surface area (Å²) < 4.78 is 0. The van der Waals surface area contributed by atoms with Crippen molar-refractivity contribution in [1.82, 2.24) is 9.97 Å².